The summed E-state index contributed by atoms with van der Waals surface area (Å²) in [6.45, 7) is 9.63. The van der Waals surface area contributed by atoms with E-state index in [-0.39, 0.29) is 5.41 Å². The van der Waals surface area contributed by atoms with Crippen molar-refractivity contribution < 1.29 is 18.3 Å². The fraction of sp³-hybridized carbons (Fsp3) is 0.478. The fourth-order valence-electron chi connectivity index (χ4n) is 3.45. The van der Waals surface area contributed by atoms with Crippen molar-refractivity contribution in [1.29, 1.82) is 0 Å². The third-order valence-corrected chi connectivity index (χ3v) is 5.13. The van der Waals surface area contributed by atoms with Crippen LogP contribution in [0, 0.1) is 0 Å². The molecule has 1 unspecified atom stereocenters. The SMILES string of the molecule is CC(C)(C)c1ccc(CC(O)(CC(C)(C)c2ccccc2)C(F)(F)F)cc1. The summed E-state index contributed by atoms with van der Waals surface area (Å²) in [5.41, 5.74) is -1.39. The highest BCUT2D eigenvalue weighted by Crippen LogP contribution is 2.43. The summed E-state index contributed by atoms with van der Waals surface area (Å²) >= 11 is 0. The second-order valence-corrected chi connectivity index (χ2v) is 9.08. The topological polar surface area (TPSA) is 20.2 Å². The molecule has 0 aliphatic heterocycles. The first-order chi connectivity index (χ1) is 12.2. The van der Waals surface area contributed by atoms with Crippen molar-refractivity contribution in [3.8, 4) is 0 Å². The third-order valence-electron chi connectivity index (χ3n) is 5.13. The molecule has 148 valence electrons. The number of halogens is 3. The van der Waals surface area contributed by atoms with E-state index >= 15 is 0 Å². The Morgan fingerprint density at radius 2 is 1.26 bits per heavy atom. The summed E-state index contributed by atoms with van der Waals surface area (Å²) in [5, 5.41) is 10.7. The molecule has 0 heterocycles. The highest BCUT2D eigenvalue weighted by Gasteiger charge is 2.55. The van der Waals surface area contributed by atoms with Crippen LogP contribution < -0.4 is 0 Å². The molecule has 0 saturated heterocycles. The van der Waals surface area contributed by atoms with Crippen molar-refractivity contribution in [2.45, 2.75) is 70.1 Å². The van der Waals surface area contributed by atoms with Gasteiger partial charge >= 0.3 is 6.18 Å². The maximum atomic E-state index is 13.9. The lowest BCUT2D eigenvalue weighted by Gasteiger charge is -2.38. The standard InChI is InChI=1S/C23H29F3O/c1-20(2,3)18-13-11-17(12-14-18)15-22(27,23(24,25)26)16-21(4,5)19-9-7-6-8-10-19/h6-14,27H,15-16H2,1-5H3. The zero-order valence-electron chi connectivity index (χ0n) is 16.7. The van der Waals surface area contributed by atoms with Crippen LogP contribution in [-0.2, 0) is 17.3 Å². The highest BCUT2D eigenvalue weighted by molar-refractivity contribution is 5.30. The third kappa shape index (κ3) is 5.13. The van der Waals surface area contributed by atoms with E-state index in [2.05, 4.69) is 20.8 Å². The Labute approximate surface area is 160 Å². The normalized spacial score (nSPS) is 15.4. The number of hydrogen-bond donors (Lipinski definition) is 1. The molecule has 2 aromatic rings. The van der Waals surface area contributed by atoms with Gasteiger partial charge in [-0.25, -0.2) is 0 Å². The maximum Gasteiger partial charge on any atom is 0.417 e. The van der Waals surface area contributed by atoms with Crippen LogP contribution in [0.25, 0.3) is 0 Å². The molecule has 0 spiro atoms. The number of alkyl halides is 3. The van der Waals surface area contributed by atoms with Crippen LogP contribution in [0.1, 0.15) is 57.7 Å². The molecule has 1 atom stereocenters. The van der Waals surface area contributed by atoms with Crippen LogP contribution in [-0.4, -0.2) is 16.9 Å². The van der Waals surface area contributed by atoms with E-state index in [9.17, 15) is 18.3 Å². The number of rotatable bonds is 5. The van der Waals surface area contributed by atoms with E-state index in [0.29, 0.717) is 5.56 Å². The summed E-state index contributed by atoms with van der Waals surface area (Å²) in [6, 6.07) is 16.1. The quantitative estimate of drug-likeness (QED) is 0.658. The van der Waals surface area contributed by atoms with Crippen LogP contribution in [0.5, 0.6) is 0 Å². The lowest BCUT2D eigenvalue weighted by molar-refractivity contribution is -0.266. The molecule has 4 heteroatoms. The molecule has 0 fully saturated rings. The van der Waals surface area contributed by atoms with Crippen molar-refractivity contribution in [2.75, 3.05) is 0 Å². The van der Waals surface area contributed by atoms with Gasteiger partial charge < -0.3 is 5.11 Å². The minimum absolute atomic E-state index is 0.0752. The van der Waals surface area contributed by atoms with Crippen LogP contribution in [0.3, 0.4) is 0 Å². The lowest BCUT2D eigenvalue weighted by Crippen LogP contribution is -2.50. The van der Waals surface area contributed by atoms with Gasteiger partial charge in [0.25, 0.3) is 0 Å². The van der Waals surface area contributed by atoms with Gasteiger partial charge in [-0.3, -0.25) is 0 Å². The molecule has 27 heavy (non-hydrogen) atoms. The number of aliphatic hydroxyl groups is 1. The molecule has 0 amide bonds. The van der Waals surface area contributed by atoms with Crippen molar-refractivity contribution in [3.63, 3.8) is 0 Å². The largest absolute Gasteiger partial charge is 0.417 e. The first-order valence-corrected chi connectivity index (χ1v) is 9.19. The van der Waals surface area contributed by atoms with Gasteiger partial charge in [0, 0.05) is 6.42 Å². The van der Waals surface area contributed by atoms with Crippen LogP contribution in [0.15, 0.2) is 54.6 Å². The van der Waals surface area contributed by atoms with Crippen LogP contribution in [0.2, 0.25) is 0 Å². The molecular formula is C23H29F3O. The lowest BCUT2D eigenvalue weighted by atomic mass is 9.73. The average molecular weight is 378 g/mol. The molecule has 1 nitrogen and oxygen atoms in total. The summed E-state index contributed by atoms with van der Waals surface area (Å²) in [6.07, 6.45) is -5.59. The minimum Gasteiger partial charge on any atom is -0.380 e. The van der Waals surface area contributed by atoms with Crippen molar-refractivity contribution >= 4 is 0 Å². The molecule has 0 radical (unpaired) electrons. The first kappa shape index (κ1) is 21.5. The van der Waals surface area contributed by atoms with Gasteiger partial charge in [0.05, 0.1) is 0 Å². The summed E-state index contributed by atoms with van der Waals surface area (Å²) in [7, 11) is 0. The molecule has 2 rings (SSSR count). The van der Waals surface area contributed by atoms with Crippen molar-refractivity contribution in [2.24, 2.45) is 0 Å². The van der Waals surface area contributed by atoms with E-state index < -0.39 is 30.0 Å². The minimum atomic E-state index is -4.72. The van der Waals surface area contributed by atoms with Gasteiger partial charge in [0.1, 0.15) is 0 Å². The number of hydrogen-bond acceptors (Lipinski definition) is 1. The molecule has 0 aliphatic carbocycles. The van der Waals surface area contributed by atoms with E-state index in [1.165, 1.54) is 0 Å². The van der Waals surface area contributed by atoms with Gasteiger partial charge in [0.15, 0.2) is 5.60 Å². The predicted molar refractivity (Wildman–Crippen MR) is 104 cm³/mol. The summed E-state index contributed by atoms with van der Waals surface area (Å²) in [5.74, 6) is 0. The van der Waals surface area contributed by atoms with Crippen molar-refractivity contribution in [3.05, 3.63) is 71.3 Å². The summed E-state index contributed by atoms with van der Waals surface area (Å²) in [4.78, 5) is 0. The second kappa shape index (κ2) is 7.31. The Balaban J connectivity index is 2.32. The van der Waals surface area contributed by atoms with Crippen LogP contribution in [0.4, 0.5) is 13.2 Å². The van der Waals surface area contributed by atoms with E-state index in [4.69, 9.17) is 0 Å². The highest BCUT2D eigenvalue weighted by atomic mass is 19.4. The molecule has 0 aromatic heterocycles. The van der Waals surface area contributed by atoms with E-state index in [0.717, 1.165) is 11.1 Å². The smallest absolute Gasteiger partial charge is 0.380 e. The van der Waals surface area contributed by atoms with E-state index in [1.807, 2.05) is 18.2 Å². The molecular weight excluding hydrogens is 349 g/mol. The average Bonchev–Trinajstić information content (AvgIpc) is 2.54. The Hall–Kier alpha value is -1.81. The Bertz CT molecular complexity index is 740. The first-order valence-electron chi connectivity index (χ1n) is 9.19. The zero-order valence-corrected chi connectivity index (χ0v) is 16.7. The molecule has 1 N–H and O–H groups in total. The van der Waals surface area contributed by atoms with Crippen molar-refractivity contribution in [1.82, 2.24) is 0 Å². The molecule has 0 bridgehead atoms. The molecule has 0 aliphatic rings. The van der Waals surface area contributed by atoms with Gasteiger partial charge in [-0.2, -0.15) is 13.2 Å². The maximum absolute atomic E-state index is 13.9. The Kier molecular flexibility index (Phi) is 5.82. The Morgan fingerprint density at radius 3 is 1.70 bits per heavy atom. The van der Waals surface area contributed by atoms with Crippen LogP contribution >= 0.6 is 0 Å². The number of benzene rings is 2. The predicted octanol–water partition coefficient (Wildman–Crippen LogP) is 6.19. The van der Waals surface area contributed by atoms with Gasteiger partial charge in [-0.05, 0) is 33.9 Å². The van der Waals surface area contributed by atoms with Gasteiger partial charge in [0.2, 0.25) is 0 Å². The molecule has 2 aromatic carbocycles. The zero-order chi connectivity index (χ0) is 20.5. The monoisotopic (exact) mass is 378 g/mol. The van der Waals surface area contributed by atoms with Gasteiger partial charge in [-0.15, -0.1) is 0 Å². The Morgan fingerprint density at radius 1 is 0.741 bits per heavy atom. The summed E-state index contributed by atoms with van der Waals surface area (Å²) < 4.78 is 41.6. The second-order valence-electron chi connectivity index (χ2n) is 9.08. The molecule has 0 saturated carbocycles. The van der Waals surface area contributed by atoms with Gasteiger partial charge in [-0.1, -0.05) is 89.2 Å². The van der Waals surface area contributed by atoms with E-state index in [1.54, 1.807) is 50.2 Å². The fourth-order valence-corrected chi connectivity index (χ4v) is 3.45.